The Bertz CT molecular complexity index is 486. The van der Waals surface area contributed by atoms with Crippen molar-refractivity contribution >= 4 is 21.6 Å². The van der Waals surface area contributed by atoms with Gasteiger partial charge in [-0.25, -0.2) is 8.42 Å². The Morgan fingerprint density at radius 2 is 1.94 bits per heavy atom. The van der Waals surface area contributed by atoms with Gasteiger partial charge in [0.05, 0.1) is 11.0 Å². The molecular weight excluding hydrogens is 262 g/mol. The van der Waals surface area contributed by atoms with E-state index in [1.165, 1.54) is 16.4 Å². The molecule has 1 atom stereocenters. The Labute approximate surface area is 106 Å². The quantitative estimate of drug-likeness (QED) is 0.890. The van der Waals surface area contributed by atoms with Crippen LogP contribution in [-0.4, -0.2) is 37.0 Å². The van der Waals surface area contributed by atoms with Gasteiger partial charge in [-0.1, -0.05) is 11.6 Å². The molecule has 1 aromatic rings. The molecule has 0 aliphatic carbocycles. The van der Waals surface area contributed by atoms with Gasteiger partial charge in [0.1, 0.15) is 0 Å². The van der Waals surface area contributed by atoms with Gasteiger partial charge in [0.2, 0.25) is 10.0 Å². The molecule has 1 unspecified atom stereocenters. The predicted octanol–water partition coefficient (Wildman–Crippen LogP) is 1.49. The zero-order chi connectivity index (χ0) is 12.5. The van der Waals surface area contributed by atoms with Crippen molar-refractivity contribution in [3.63, 3.8) is 0 Å². The summed E-state index contributed by atoms with van der Waals surface area (Å²) in [5.74, 6) is 0. The fourth-order valence-corrected chi connectivity index (χ4v) is 3.54. The van der Waals surface area contributed by atoms with Crippen molar-refractivity contribution in [2.45, 2.75) is 23.8 Å². The van der Waals surface area contributed by atoms with Crippen molar-refractivity contribution in [2.24, 2.45) is 0 Å². The standard InChI is InChI=1S/C11H14ClNO3S/c12-9-3-5-11(6-4-9)17(15,16)13-7-1-2-10(14)8-13/h3-6,10,14H,1-2,7-8H2. The summed E-state index contributed by atoms with van der Waals surface area (Å²) in [6.45, 7) is 0.632. The molecule has 0 saturated carbocycles. The molecule has 94 valence electrons. The third-order valence-corrected chi connectivity index (χ3v) is 4.94. The molecule has 1 aliphatic heterocycles. The van der Waals surface area contributed by atoms with Crippen LogP contribution in [0.2, 0.25) is 5.02 Å². The second-order valence-electron chi connectivity index (χ2n) is 4.11. The SMILES string of the molecule is O=S(=O)(c1ccc(Cl)cc1)N1CCCC(O)C1. The Morgan fingerprint density at radius 3 is 2.53 bits per heavy atom. The number of aliphatic hydroxyl groups excluding tert-OH is 1. The van der Waals surface area contributed by atoms with E-state index in [-0.39, 0.29) is 11.4 Å². The normalized spacial score (nSPS) is 22.6. The monoisotopic (exact) mass is 275 g/mol. The van der Waals surface area contributed by atoms with E-state index in [1.807, 2.05) is 0 Å². The second kappa shape index (κ2) is 4.94. The van der Waals surface area contributed by atoms with Gasteiger partial charge in [0, 0.05) is 18.1 Å². The van der Waals surface area contributed by atoms with Crippen molar-refractivity contribution in [3.8, 4) is 0 Å². The van der Waals surface area contributed by atoms with E-state index in [0.29, 0.717) is 24.4 Å². The van der Waals surface area contributed by atoms with Gasteiger partial charge in [0.25, 0.3) is 0 Å². The van der Waals surface area contributed by atoms with E-state index < -0.39 is 16.1 Å². The zero-order valence-electron chi connectivity index (χ0n) is 9.21. The summed E-state index contributed by atoms with van der Waals surface area (Å²) in [6.07, 6.45) is 0.784. The lowest BCUT2D eigenvalue weighted by molar-refractivity contribution is 0.108. The highest BCUT2D eigenvalue weighted by atomic mass is 35.5. The van der Waals surface area contributed by atoms with Gasteiger partial charge in [-0.05, 0) is 37.1 Å². The molecule has 0 radical (unpaired) electrons. The highest BCUT2D eigenvalue weighted by molar-refractivity contribution is 7.89. The maximum absolute atomic E-state index is 12.2. The number of hydrogen-bond donors (Lipinski definition) is 1. The molecule has 4 nitrogen and oxygen atoms in total. The van der Waals surface area contributed by atoms with Crippen molar-refractivity contribution in [1.82, 2.24) is 4.31 Å². The van der Waals surface area contributed by atoms with E-state index in [2.05, 4.69) is 0 Å². The van der Waals surface area contributed by atoms with Gasteiger partial charge >= 0.3 is 0 Å². The highest BCUT2D eigenvalue weighted by Gasteiger charge is 2.29. The minimum atomic E-state index is -3.50. The van der Waals surface area contributed by atoms with Crippen LogP contribution in [0, 0.1) is 0 Å². The average Bonchev–Trinajstić information content (AvgIpc) is 2.29. The number of aliphatic hydroxyl groups is 1. The van der Waals surface area contributed by atoms with Gasteiger partial charge in [0.15, 0.2) is 0 Å². The molecule has 0 spiro atoms. The molecule has 2 rings (SSSR count). The summed E-state index contributed by atoms with van der Waals surface area (Å²) in [7, 11) is -3.50. The Morgan fingerprint density at radius 1 is 1.29 bits per heavy atom. The number of sulfonamides is 1. The van der Waals surface area contributed by atoms with Crippen LogP contribution < -0.4 is 0 Å². The number of benzene rings is 1. The van der Waals surface area contributed by atoms with Gasteiger partial charge in [-0.2, -0.15) is 4.31 Å². The van der Waals surface area contributed by atoms with Gasteiger partial charge in [-0.15, -0.1) is 0 Å². The fraction of sp³-hybridized carbons (Fsp3) is 0.455. The summed E-state index contributed by atoms with van der Waals surface area (Å²) >= 11 is 5.72. The number of hydrogen-bond acceptors (Lipinski definition) is 3. The van der Waals surface area contributed by atoms with Crippen LogP contribution in [0.5, 0.6) is 0 Å². The molecule has 1 heterocycles. The average molecular weight is 276 g/mol. The van der Waals surface area contributed by atoms with E-state index in [1.54, 1.807) is 12.1 Å². The summed E-state index contributed by atoms with van der Waals surface area (Å²) in [5, 5.41) is 10.0. The number of halogens is 1. The maximum atomic E-state index is 12.2. The lowest BCUT2D eigenvalue weighted by atomic mass is 10.1. The number of rotatable bonds is 2. The van der Waals surface area contributed by atoms with Crippen LogP contribution in [0.4, 0.5) is 0 Å². The second-order valence-corrected chi connectivity index (χ2v) is 6.49. The topological polar surface area (TPSA) is 57.6 Å². The molecule has 0 bridgehead atoms. The molecule has 1 aliphatic rings. The first-order valence-electron chi connectivity index (χ1n) is 5.44. The van der Waals surface area contributed by atoms with E-state index in [9.17, 15) is 13.5 Å². The van der Waals surface area contributed by atoms with E-state index >= 15 is 0 Å². The third kappa shape index (κ3) is 2.80. The fourth-order valence-electron chi connectivity index (χ4n) is 1.89. The van der Waals surface area contributed by atoms with Crippen LogP contribution in [-0.2, 0) is 10.0 Å². The summed E-state index contributed by atoms with van der Waals surface area (Å²) in [5.41, 5.74) is 0. The van der Waals surface area contributed by atoms with Crippen LogP contribution in [0.1, 0.15) is 12.8 Å². The first-order valence-corrected chi connectivity index (χ1v) is 7.26. The lowest BCUT2D eigenvalue weighted by Crippen LogP contribution is -2.42. The molecule has 0 aromatic heterocycles. The molecule has 1 N–H and O–H groups in total. The smallest absolute Gasteiger partial charge is 0.243 e. The van der Waals surface area contributed by atoms with E-state index in [0.717, 1.165) is 0 Å². The molecule has 17 heavy (non-hydrogen) atoms. The zero-order valence-corrected chi connectivity index (χ0v) is 10.8. The van der Waals surface area contributed by atoms with Crippen LogP contribution in [0.25, 0.3) is 0 Å². The van der Waals surface area contributed by atoms with Crippen LogP contribution >= 0.6 is 11.6 Å². The summed E-state index contributed by atoms with van der Waals surface area (Å²) < 4.78 is 25.8. The van der Waals surface area contributed by atoms with Crippen molar-refractivity contribution < 1.29 is 13.5 Å². The number of nitrogens with zero attached hydrogens (tertiary/aromatic N) is 1. The van der Waals surface area contributed by atoms with Gasteiger partial charge in [-0.3, -0.25) is 0 Å². The lowest BCUT2D eigenvalue weighted by Gasteiger charge is -2.29. The Kier molecular flexibility index (Phi) is 3.73. The minimum Gasteiger partial charge on any atom is -0.392 e. The molecular formula is C11H14ClNO3S. The van der Waals surface area contributed by atoms with E-state index in [4.69, 9.17) is 11.6 Å². The maximum Gasteiger partial charge on any atom is 0.243 e. The predicted molar refractivity (Wildman–Crippen MR) is 65.5 cm³/mol. The van der Waals surface area contributed by atoms with Crippen LogP contribution in [0.3, 0.4) is 0 Å². The largest absolute Gasteiger partial charge is 0.392 e. The first kappa shape index (κ1) is 12.8. The molecule has 1 aromatic carbocycles. The highest BCUT2D eigenvalue weighted by Crippen LogP contribution is 2.21. The molecule has 1 fully saturated rings. The third-order valence-electron chi connectivity index (χ3n) is 2.81. The number of β-amino-alcohol motifs (C(OH)–C–C–N with tert-alkyl or cyclic N) is 1. The Balaban J connectivity index is 2.26. The molecule has 0 amide bonds. The Hall–Kier alpha value is -0.620. The number of piperidine rings is 1. The minimum absolute atomic E-state index is 0.172. The van der Waals surface area contributed by atoms with Crippen LogP contribution in [0.15, 0.2) is 29.2 Å². The molecule has 1 saturated heterocycles. The van der Waals surface area contributed by atoms with Crippen molar-refractivity contribution in [3.05, 3.63) is 29.3 Å². The van der Waals surface area contributed by atoms with Crippen molar-refractivity contribution in [1.29, 1.82) is 0 Å². The van der Waals surface area contributed by atoms with Gasteiger partial charge < -0.3 is 5.11 Å². The van der Waals surface area contributed by atoms with Crippen molar-refractivity contribution in [2.75, 3.05) is 13.1 Å². The summed E-state index contributed by atoms with van der Waals surface area (Å²) in [6, 6.07) is 6.07. The summed E-state index contributed by atoms with van der Waals surface area (Å²) in [4.78, 5) is 0.219. The molecule has 6 heteroatoms. The first-order chi connectivity index (χ1) is 8.00.